The Bertz CT molecular complexity index is 446. The van der Waals surface area contributed by atoms with E-state index in [9.17, 15) is 4.79 Å². The summed E-state index contributed by atoms with van der Waals surface area (Å²) in [6.07, 6.45) is 3.23. The Morgan fingerprint density at radius 1 is 1.44 bits per heavy atom. The lowest BCUT2D eigenvalue weighted by atomic mass is 9.91. The maximum absolute atomic E-state index is 11.7. The van der Waals surface area contributed by atoms with Gasteiger partial charge in [-0.15, -0.1) is 6.58 Å². The molecule has 1 aromatic rings. The fraction of sp³-hybridized carbons (Fsp3) is 0.357. The van der Waals surface area contributed by atoms with Gasteiger partial charge in [0.15, 0.2) is 0 Å². The molecule has 0 N–H and O–H groups in total. The van der Waals surface area contributed by atoms with Crippen LogP contribution in [0.25, 0.3) is 0 Å². The van der Waals surface area contributed by atoms with Crippen LogP contribution in [0.15, 0.2) is 24.8 Å². The normalized spacial score (nSPS) is 18.9. The van der Waals surface area contributed by atoms with Crippen LogP contribution >= 0.6 is 0 Å². The predicted molar refractivity (Wildman–Crippen MR) is 63.6 cm³/mol. The lowest BCUT2D eigenvalue weighted by Gasteiger charge is -2.23. The molecule has 1 aliphatic heterocycles. The molecule has 1 unspecified atom stereocenters. The Balaban J connectivity index is 2.35. The topological polar surface area (TPSA) is 26.3 Å². The van der Waals surface area contributed by atoms with Gasteiger partial charge in [0.1, 0.15) is 5.75 Å². The van der Waals surface area contributed by atoms with Gasteiger partial charge in [-0.25, -0.2) is 0 Å². The van der Waals surface area contributed by atoms with E-state index in [0.29, 0.717) is 6.42 Å². The minimum absolute atomic E-state index is 0.0629. The third kappa shape index (κ3) is 1.87. The van der Waals surface area contributed by atoms with Gasteiger partial charge in [0, 0.05) is 0 Å². The van der Waals surface area contributed by atoms with Crippen molar-refractivity contribution in [2.24, 2.45) is 5.92 Å². The summed E-state index contributed by atoms with van der Waals surface area (Å²) in [5, 5.41) is 0. The zero-order valence-corrected chi connectivity index (χ0v) is 9.75. The fourth-order valence-electron chi connectivity index (χ4n) is 2.03. The molecule has 0 saturated heterocycles. The summed E-state index contributed by atoms with van der Waals surface area (Å²) < 4.78 is 5.35. The van der Waals surface area contributed by atoms with Crippen LogP contribution in [0.1, 0.15) is 23.1 Å². The van der Waals surface area contributed by atoms with Gasteiger partial charge in [0.25, 0.3) is 0 Å². The van der Waals surface area contributed by atoms with Crippen LogP contribution < -0.4 is 4.74 Å². The molecule has 2 nitrogen and oxygen atoms in total. The van der Waals surface area contributed by atoms with Crippen molar-refractivity contribution in [1.29, 1.82) is 0 Å². The third-order valence-electron chi connectivity index (χ3n) is 3.14. The maximum atomic E-state index is 11.7. The smallest absolute Gasteiger partial charge is 0.314 e. The summed E-state index contributed by atoms with van der Waals surface area (Å²) in [7, 11) is 0. The molecule has 0 radical (unpaired) electrons. The number of aryl methyl sites for hydroxylation is 2. The van der Waals surface area contributed by atoms with Crippen molar-refractivity contribution in [3.05, 3.63) is 41.5 Å². The quantitative estimate of drug-likeness (QED) is 0.431. The number of carbonyl (C=O) groups excluding carboxylic acids is 1. The second-order valence-corrected chi connectivity index (χ2v) is 4.39. The highest BCUT2D eigenvalue weighted by Crippen LogP contribution is 2.31. The number of hydrogen-bond acceptors (Lipinski definition) is 2. The second-order valence-electron chi connectivity index (χ2n) is 4.39. The molecule has 0 fully saturated rings. The molecular formula is C14H16O2. The van der Waals surface area contributed by atoms with Crippen LogP contribution in [0.2, 0.25) is 0 Å². The molecule has 84 valence electrons. The molecular weight excluding hydrogens is 200 g/mol. The maximum Gasteiger partial charge on any atom is 0.314 e. The first-order chi connectivity index (χ1) is 7.61. The Morgan fingerprint density at radius 2 is 2.12 bits per heavy atom. The molecule has 0 amide bonds. The van der Waals surface area contributed by atoms with E-state index in [0.717, 1.165) is 23.3 Å². The fourth-order valence-corrected chi connectivity index (χ4v) is 2.03. The van der Waals surface area contributed by atoms with Crippen molar-refractivity contribution in [2.45, 2.75) is 26.7 Å². The highest BCUT2D eigenvalue weighted by molar-refractivity contribution is 5.78. The molecule has 16 heavy (non-hydrogen) atoms. The number of fused-ring (bicyclic) bond motifs is 1. The van der Waals surface area contributed by atoms with Crippen molar-refractivity contribution in [3.8, 4) is 5.75 Å². The van der Waals surface area contributed by atoms with Crippen LogP contribution in [0.4, 0.5) is 0 Å². The molecule has 2 heteroatoms. The summed E-state index contributed by atoms with van der Waals surface area (Å²) in [6.45, 7) is 7.77. The second kappa shape index (κ2) is 4.12. The Morgan fingerprint density at radius 3 is 2.81 bits per heavy atom. The number of benzene rings is 1. The first-order valence-corrected chi connectivity index (χ1v) is 5.54. The molecule has 0 aromatic heterocycles. The summed E-state index contributed by atoms with van der Waals surface area (Å²) in [6, 6.07) is 4.07. The van der Waals surface area contributed by atoms with Crippen LogP contribution in [0.3, 0.4) is 0 Å². The van der Waals surface area contributed by atoms with Crippen LogP contribution in [-0.4, -0.2) is 5.97 Å². The summed E-state index contributed by atoms with van der Waals surface area (Å²) in [5.74, 6) is 0.538. The van der Waals surface area contributed by atoms with E-state index in [4.69, 9.17) is 4.74 Å². The molecule has 1 aromatic carbocycles. The highest BCUT2D eigenvalue weighted by Gasteiger charge is 2.27. The van der Waals surface area contributed by atoms with E-state index in [1.807, 2.05) is 13.0 Å². The largest absolute Gasteiger partial charge is 0.426 e. The summed E-state index contributed by atoms with van der Waals surface area (Å²) in [5.41, 5.74) is 3.54. The molecule has 0 bridgehead atoms. The minimum Gasteiger partial charge on any atom is -0.426 e. The van der Waals surface area contributed by atoms with Gasteiger partial charge in [-0.2, -0.15) is 0 Å². The number of allylic oxidation sites excluding steroid dienone is 1. The standard InChI is InChI=1S/C14H16O2/c1-4-5-11-8-12-6-9(2)10(3)7-13(12)16-14(11)15/h4,6-7,11H,1,5,8H2,2-3H3. The van der Waals surface area contributed by atoms with Crippen molar-refractivity contribution in [2.75, 3.05) is 0 Å². The summed E-state index contributed by atoms with van der Waals surface area (Å²) >= 11 is 0. The van der Waals surface area contributed by atoms with Gasteiger partial charge < -0.3 is 4.74 Å². The first kappa shape index (κ1) is 10.9. The van der Waals surface area contributed by atoms with Crippen molar-refractivity contribution in [1.82, 2.24) is 0 Å². The number of carbonyl (C=O) groups is 1. The molecule has 1 atom stereocenters. The van der Waals surface area contributed by atoms with E-state index in [2.05, 4.69) is 19.6 Å². The van der Waals surface area contributed by atoms with Gasteiger partial charge in [-0.3, -0.25) is 4.79 Å². The first-order valence-electron chi connectivity index (χ1n) is 5.54. The predicted octanol–water partition coefficient (Wildman–Crippen LogP) is 2.96. The number of hydrogen-bond donors (Lipinski definition) is 0. The average Bonchev–Trinajstić information content (AvgIpc) is 2.23. The van der Waals surface area contributed by atoms with Gasteiger partial charge in [0.2, 0.25) is 0 Å². The van der Waals surface area contributed by atoms with Crippen LogP contribution in [0.5, 0.6) is 5.75 Å². The molecule has 0 spiro atoms. The molecule has 1 aliphatic rings. The zero-order valence-electron chi connectivity index (χ0n) is 9.75. The monoisotopic (exact) mass is 216 g/mol. The van der Waals surface area contributed by atoms with Gasteiger partial charge in [-0.05, 0) is 49.4 Å². The molecule has 0 saturated carbocycles. The minimum atomic E-state index is -0.129. The Hall–Kier alpha value is -1.57. The molecule has 0 aliphatic carbocycles. The lowest BCUT2D eigenvalue weighted by molar-refractivity contribution is -0.140. The van der Waals surface area contributed by atoms with Crippen molar-refractivity contribution >= 4 is 5.97 Å². The number of rotatable bonds is 2. The van der Waals surface area contributed by atoms with E-state index in [-0.39, 0.29) is 11.9 Å². The van der Waals surface area contributed by atoms with Crippen molar-refractivity contribution < 1.29 is 9.53 Å². The van der Waals surface area contributed by atoms with Crippen LogP contribution in [0, 0.1) is 19.8 Å². The third-order valence-corrected chi connectivity index (χ3v) is 3.14. The lowest BCUT2D eigenvalue weighted by Crippen LogP contribution is -2.27. The number of ether oxygens (including phenoxy) is 1. The van der Waals surface area contributed by atoms with Gasteiger partial charge >= 0.3 is 5.97 Å². The summed E-state index contributed by atoms with van der Waals surface area (Å²) in [4.78, 5) is 11.7. The van der Waals surface area contributed by atoms with Gasteiger partial charge in [-0.1, -0.05) is 12.1 Å². The average molecular weight is 216 g/mol. The van der Waals surface area contributed by atoms with E-state index in [1.165, 1.54) is 5.56 Å². The van der Waals surface area contributed by atoms with E-state index >= 15 is 0 Å². The molecule has 1 heterocycles. The highest BCUT2D eigenvalue weighted by atomic mass is 16.5. The Kier molecular flexibility index (Phi) is 2.82. The van der Waals surface area contributed by atoms with Crippen molar-refractivity contribution in [3.63, 3.8) is 0 Å². The van der Waals surface area contributed by atoms with E-state index < -0.39 is 0 Å². The SMILES string of the molecule is C=CCC1Cc2cc(C)c(C)cc2OC1=O. The number of esters is 1. The molecule has 2 rings (SSSR count). The Labute approximate surface area is 95.9 Å². The van der Waals surface area contributed by atoms with Gasteiger partial charge in [0.05, 0.1) is 5.92 Å². The van der Waals surface area contributed by atoms with Crippen LogP contribution in [-0.2, 0) is 11.2 Å². The van der Waals surface area contributed by atoms with E-state index in [1.54, 1.807) is 6.08 Å². The zero-order chi connectivity index (χ0) is 11.7.